The molecule has 1 aromatic carbocycles. The molecule has 0 aliphatic carbocycles. The second kappa shape index (κ2) is 4.76. The van der Waals surface area contributed by atoms with Crippen molar-refractivity contribution >= 4 is 11.3 Å². The predicted octanol–water partition coefficient (Wildman–Crippen LogP) is 2.93. The molecule has 0 atom stereocenters. The summed E-state index contributed by atoms with van der Waals surface area (Å²) in [7, 11) is 0. The van der Waals surface area contributed by atoms with E-state index >= 15 is 0 Å². The maximum atomic E-state index is 5.53. The van der Waals surface area contributed by atoms with Crippen LogP contribution in [0, 0.1) is 13.8 Å². The number of nitrogens with two attached hydrogens (primary N) is 1. The lowest BCUT2D eigenvalue weighted by Crippen LogP contribution is -2.02. The lowest BCUT2D eigenvalue weighted by atomic mass is 10.1. The van der Waals surface area contributed by atoms with Crippen molar-refractivity contribution in [3.63, 3.8) is 0 Å². The Morgan fingerprint density at radius 1 is 1.19 bits per heavy atom. The first-order valence-corrected chi connectivity index (χ1v) is 6.26. The largest absolute Gasteiger partial charge is 0.330 e. The van der Waals surface area contributed by atoms with Crippen molar-refractivity contribution in [2.24, 2.45) is 5.73 Å². The molecule has 1 aromatic heterocycles. The van der Waals surface area contributed by atoms with Gasteiger partial charge in [-0.05, 0) is 32.4 Å². The first kappa shape index (κ1) is 11.3. The van der Waals surface area contributed by atoms with Gasteiger partial charge in [0.15, 0.2) is 0 Å². The Labute approximate surface area is 100 Å². The fourth-order valence-corrected chi connectivity index (χ4v) is 2.63. The minimum Gasteiger partial charge on any atom is -0.330 e. The van der Waals surface area contributed by atoms with Gasteiger partial charge in [-0.2, -0.15) is 0 Å². The summed E-state index contributed by atoms with van der Waals surface area (Å²) in [6.07, 6.45) is 0.940. The molecular weight excluding hydrogens is 216 g/mol. The van der Waals surface area contributed by atoms with E-state index in [1.807, 2.05) is 6.92 Å². The summed E-state index contributed by atoms with van der Waals surface area (Å²) in [6.45, 7) is 4.87. The topological polar surface area (TPSA) is 38.9 Å². The fourth-order valence-electron chi connectivity index (χ4n) is 1.79. The zero-order valence-corrected chi connectivity index (χ0v) is 10.5. The molecule has 2 rings (SSSR count). The minimum atomic E-state index is 0.703. The molecule has 84 valence electrons. The molecule has 2 aromatic rings. The third-order valence-electron chi connectivity index (χ3n) is 2.56. The normalized spacial score (nSPS) is 10.7. The van der Waals surface area contributed by atoms with Crippen molar-refractivity contribution in [1.82, 2.24) is 4.98 Å². The highest BCUT2D eigenvalue weighted by molar-refractivity contribution is 7.11. The summed E-state index contributed by atoms with van der Waals surface area (Å²) in [6, 6.07) is 8.53. The third-order valence-corrected chi connectivity index (χ3v) is 3.45. The van der Waals surface area contributed by atoms with E-state index in [-0.39, 0.29) is 0 Å². The van der Waals surface area contributed by atoms with Crippen LogP contribution in [0.1, 0.15) is 15.4 Å². The average molecular weight is 232 g/mol. The monoisotopic (exact) mass is 232 g/mol. The number of rotatable bonds is 3. The molecule has 0 fully saturated rings. The van der Waals surface area contributed by atoms with Crippen LogP contribution in [0.4, 0.5) is 0 Å². The second-order valence-corrected chi connectivity index (χ2v) is 5.28. The van der Waals surface area contributed by atoms with Gasteiger partial charge < -0.3 is 5.73 Å². The summed E-state index contributed by atoms with van der Waals surface area (Å²) >= 11 is 1.75. The standard InChI is InChI=1S/C13H16N2S/c1-9-13(15-10(2)16-9)12-5-3-11(4-6-12)7-8-14/h3-6H,7-8,14H2,1-2H3. The van der Waals surface area contributed by atoms with Crippen LogP contribution in [0.3, 0.4) is 0 Å². The van der Waals surface area contributed by atoms with Crippen LogP contribution in [-0.2, 0) is 6.42 Å². The molecule has 0 amide bonds. The second-order valence-electron chi connectivity index (χ2n) is 3.87. The zero-order chi connectivity index (χ0) is 11.5. The van der Waals surface area contributed by atoms with Crippen molar-refractivity contribution in [3.05, 3.63) is 39.7 Å². The van der Waals surface area contributed by atoms with Gasteiger partial charge in [0.05, 0.1) is 10.7 Å². The van der Waals surface area contributed by atoms with Crippen molar-refractivity contribution < 1.29 is 0 Å². The number of benzene rings is 1. The molecule has 0 radical (unpaired) electrons. The molecule has 0 unspecified atom stereocenters. The van der Waals surface area contributed by atoms with E-state index in [1.54, 1.807) is 11.3 Å². The highest BCUT2D eigenvalue weighted by atomic mass is 32.1. The van der Waals surface area contributed by atoms with Crippen LogP contribution >= 0.6 is 11.3 Å². The highest BCUT2D eigenvalue weighted by Crippen LogP contribution is 2.27. The molecule has 0 spiro atoms. The molecule has 3 heteroatoms. The van der Waals surface area contributed by atoms with Gasteiger partial charge in [0, 0.05) is 10.4 Å². The summed E-state index contributed by atoms with van der Waals surface area (Å²) in [5.41, 5.74) is 9.12. The zero-order valence-electron chi connectivity index (χ0n) is 9.66. The van der Waals surface area contributed by atoms with Gasteiger partial charge in [-0.1, -0.05) is 24.3 Å². The van der Waals surface area contributed by atoms with Gasteiger partial charge in [0.2, 0.25) is 0 Å². The van der Waals surface area contributed by atoms with Crippen molar-refractivity contribution in [1.29, 1.82) is 0 Å². The van der Waals surface area contributed by atoms with Gasteiger partial charge >= 0.3 is 0 Å². The Morgan fingerprint density at radius 2 is 1.88 bits per heavy atom. The van der Waals surface area contributed by atoms with E-state index in [1.165, 1.54) is 16.0 Å². The number of thiazole rings is 1. The molecule has 0 aliphatic heterocycles. The van der Waals surface area contributed by atoms with Crippen molar-refractivity contribution in [2.75, 3.05) is 6.54 Å². The number of hydrogen-bond acceptors (Lipinski definition) is 3. The molecule has 0 aliphatic rings. The third kappa shape index (κ3) is 2.31. The van der Waals surface area contributed by atoms with Crippen LogP contribution < -0.4 is 5.73 Å². The summed E-state index contributed by atoms with van der Waals surface area (Å²) < 4.78 is 0. The molecule has 0 bridgehead atoms. The molecule has 2 nitrogen and oxygen atoms in total. The number of aromatic nitrogens is 1. The fraction of sp³-hybridized carbons (Fsp3) is 0.308. The Hall–Kier alpha value is -1.19. The van der Waals surface area contributed by atoms with Crippen molar-refractivity contribution in [2.45, 2.75) is 20.3 Å². The van der Waals surface area contributed by atoms with Gasteiger partial charge in [-0.3, -0.25) is 0 Å². The van der Waals surface area contributed by atoms with Gasteiger partial charge in [0.25, 0.3) is 0 Å². The average Bonchev–Trinajstić information content (AvgIpc) is 2.59. The Balaban J connectivity index is 2.31. The minimum absolute atomic E-state index is 0.703. The van der Waals surface area contributed by atoms with Crippen molar-refractivity contribution in [3.8, 4) is 11.3 Å². The smallest absolute Gasteiger partial charge is 0.0904 e. The van der Waals surface area contributed by atoms with Crippen LogP contribution in [0.25, 0.3) is 11.3 Å². The molecule has 2 N–H and O–H groups in total. The lowest BCUT2D eigenvalue weighted by molar-refractivity contribution is 0.969. The number of aryl methyl sites for hydroxylation is 2. The molecule has 16 heavy (non-hydrogen) atoms. The summed E-state index contributed by atoms with van der Waals surface area (Å²) in [5, 5.41) is 1.12. The SMILES string of the molecule is Cc1nc(-c2ccc(CCN)cc2)c(C)s1. The first-order valence-electron chi connectivity index (χ1n) is 5.44. The molecule has 0 saturated carbocycles. The van der Waals surface area contributed by atoms with Crippen LogP contribution in [0.5, 0.6) is 0 Å². The maximum Gasteiger partial charge on any atom is 0.0904 e. The number of hydrogen-bond donors (Lipinski definition) is 1. The molecular formula is C13H16N2S. The van der Waals surface area contributed by atoms with E-state index in [0.717, 1.165) is 17.1 Å². The van der Waals surface area contributed by atoms with E-state index in [2.05, 4.69) is 36.2 Å². The van der Waals surface area contributed by atoms with E-state index < -0.39 is 0 Å². The first-order chi connectivity index (χ1) is 7.70. The van der Waals surface area contributed by atoms with Gasteiger partial charge in [-0.25, -0.2) is 4.98 Å². The summed E-state index contributed by atoms with van der Waals surface area (Å²) in [5.74, 6) is 0. The van der Waals surface area contributed by atoms with Gasteiger partial charge in [-0.15, -0.1) is 11.3 Å². The van der Waals surface area contributed by atoms with Crippen LogP contribution in [0.2, 0.25) is 0 Å². The van der Waals surface area contributed by atoms with E-state index in [0.29, 0.717) is 6.54 Å². The summed E-state index contributed by atoms with van der Waals surface area (Å²) in [4.78, 5) is 5.83. The van der Waals surface area contributed by atoms with E-state index in [4.69, 9.17) is 5.73 Å². The molecule has 1 heterocycles. The lowest BCUT2D eigenvalue weighted by Gasteiger charge is -2.01. The Morgan fingerprint density at radius 3 is 2.38 bits per heavy atom. The van der Waals surface area contributed by atoms with Crippen LogP contribution in [0.15, 0.2) is 24.3 Å². The van der Waals surface area contributed by atoms with Crippen LogP contribution in [-0.4, -0.2) is 11.5 Å². The Kier molecular flexibility index (Phi) is 3.36. The van der Waals surface area contributed by atoms with Gasteiger partial charge in [0.1, 0.15) is 0 Å². The Bertz CT molecular complexity index is 471. The quantitative estimate of drug-likeness (QED) is 0.883. The molecule has 0 saturated heterocycles. The number of nitrogens with zero attached hydrogens (tertiary/aromatic N) is 1. The maximum absolute atomic E-state index is 5.53. The highest BCUT2D eigenvalue weighted by Gasteiger charge is 2.06. The van der Waals surface area contributed by atoms with E-state index in [9.17, 15) is 0 Å². The predicted molar refractivity (Wildman–Crippen MR) is 69.8 cm³/mol.